The zero-order chi connectivity index (χ0) is 16.5. The number of nitrogens with one attached hydrogen (secondary N) is 1. The fourth-order valence-corrected chi connectivity index (χ4v) is 2.66. The number of carboxylic acids is 1. The Balaban J connectivity index is 2.57. The first kappa shape index (κ1) is 18.7. The average molecular weight is 305 g/mol. The van der Waals surface area contributed by atoms with Crippen LogP contribution in [0.3, 0.4) is 0 Å². The van der Waals surface area contributed by atoms with Crippen molar-refractivity contribution < 1.29 is 9.90 Å². The molecule has 0 aliphatic heterocycles. The van der Waals surface area contributed by atoms with Crippen molar-refractivity contribution in [3.63, 3.8) is 0 Å². The van der Waals surface area contributed by atoms with E-state index in [9.17, 15) is 4.79 Å². The summed E-state index contributed by atoms with van der Waals surface area (Å²) in [5.74, 6) is 0.408. The summed E-state index contributed by atoms with van der Waals surface area (Å²) in [6.07, 6.45) is 3.06. The predicted molar refractivity (Wildman–Crippen MR) is 92.2 cm³/mol. The molecule has 0 aliphatic carbocycles. The lowest BCUT2D eigenvalue weighted by atomic mass is 9.92. The number of rotatable bonds is 10. The van der Waals surface area contributed by atoms with Crippen LogP contribution in [0, 0.1) is 5.92 Å². The summed E-state index contributed by atoms with van der Waals surface area (Å²) in [4.78, 5) is 10.5. The quantitative estimate of drug-likeness (QED) is 0.614. The van der Waals surface area contributed by atoms with Crippen LogP contribution in [0.5, 0.6) is 0 Å². The highest BCUT2D eigenvalue weighted by molar-refractivity contribution is 5.66. The first-order valence-electron chi connectivity index (χ1n) is 8.50. The fourth-order valence-electron chi connectivity index (χ4n) is 2.66. The SMILES string of the molecule is CCC(C)c1ccc(C(NCCCCC(=O)O)C(C)C)cc1. The highest BCUT2D eigenvalue weighted by Crippen LogP contribution is 2.25. The lowest BCUT2D eigenvalue weighted by Crippen LogP contribution is -2.26. The predicted octanol–water partition coefficient (Wildman–Crippen LogP) is 4.74. The Morgan fingerprint density at radius 1 is 1.09 bits per heavy atom. The van der Waals surface area contributed by atoms with Gasteiger partial charge in [-0.25, -0.2) is 0 Å². The standard InChI is InChI=1S/C19H31NO2/c1-5-15(4)16-9-11-17(12-10-16)19(14(2)3)20-13-7-6-8-18(21)22/h9-12,14-15,19-20H,5-8,13H2,1-4H3,(H,21,22). The van der Waals surface area contributed by atoms with Crippen LogP contribution in [-0.4, -0.2) is 17.6 Å². The first-order valence-corrected chi connectivity index (χ1v) is 8.50. The van der Waals surface area contributed by atoms with Crippen LogP contribution in [0.25, 0.3) is 0 Å². The van der Waals surface area contributed by atoms with Crippen molar-refractivity contribution in [3.05, 3.63) is 35.4 Å². The van der Waals surface area contributed by atoms with Gasteiger partial charge in [0.2, 0.25) is 0 Å². The Bertz CT molecular complexity index is 439. The van der Waals surface area contributed by atoms with Gasteiger partial charge < -0.3 is 10.4 Å². The van der Waals surface area contributed by atoms with E-state index in [-0.39, 0.29) is 6.42 Å². The third-order valence-electron chi connectivity index (χ3n) is 4.33. The van der Waals surface area contributed by atoms with Gasteiger partial charge in [0.25, 0.3) is 0 Å². The molecule has 2 unspecified atom stereocenters. The molecule has 124 valence electrons. The number of aliphatic carboxylic acids is 1. The lowest BCUT2D eigenvalue weighted by Gasteiger charge is -2.23. The molecule has 0 saturated carbocycles. The second-order valence-electron chi connectivity index (χ2n) is 6.50. The molecule has 3 nitrogen and oxygen atoms in total. The smallest absolute Gasteiger partial charge is 0.303 e. The molecule has 0 saturated heterocycles. The number of carbonyl (C=O) groups is 1. The molecular formula is C19H31NO2. The molecule has 0 radical (unpaired) electrons. The van der Waals surface area contributed by atoms with E-state index < -0.39 is 5.97 Å². The van der Waals surface area contributed by atoms with Gasteiger partial charge in [-0.2, -0.15) is 0 Å². The Morgan fingerprint density at radius 2 is 1.68 bits per heavy atom. The maximum absolute atomic E-state index is 10.5. The minimum atomic E-state index is -0.707. The van der Waals surface area contributed by atoms with Crippen LogP contribution >= 0.6 is 0 Å². The molecule has 0 heterocycles. The summed E-state index contributed by atoms with van der Waals surface area (Å²) in [5, 5.41) is 12.2. The van der Waals surface area contributed by atoms with Crippen LogP contribution < -0.4 is 5.32 Å². The topological polar surface area (TPSA) is 49.3 Å². The second kappa shape index (κ2) is 9.62. The van der Waals surface area contributed by atoms with Gasteiger partial charge in [-0.15, -0.1) is 0 Å². The second-order valence-corrected chi connectivity index (χ2v) is 6.50. The Labute approximate surface area is 135 Å². The molecular weight excluding hydrogens is 274 g/mol. The van der Waals surface area contributed by atoms with Gasteiger partial charge in [-0.05, 0) is 48.8 Å². The largest absolute Gasteiger partial charge is 0.481 e. The zero-order valence-electron chi connectivity index (χ0n) is 14.4. The highest BCUT2D eigenvalue weighted by atomic mass is 16.4. The van der Waals surface area contributed by atoms with E-state index >= 15 is 0 Å². The molecule has 0 bridgehead atoms. The summed E-state index contributed by atoms with van der Waals surface area (Å²) in [5.41, 5.74) is 2.72. The fraction of sp³-hybridized carbons (Fsp3) is 0.632. The molecule has 0 fully saturated rings. The molecule has 2 N–H and O–H groups in total. The third kappa shape index (κ3) is 6.18. The van der Waals surface area contributed by atoms with Crippen molar-refractivity contribution in [1.82, 2.24) is 5.32 Å². The van der Waals surface area contributed by atoms with Crippen molar-refractivity contribution >= 4 is 5.97 Å². The summed E-state index contributed by atoms with van der Waals surface area (Å²) in [7, 11) is 0. The van der Waals surface area contributed by atoms with E-state index in [4.69, 9.17) is 5.11 Å². The van der Waals surface area contributed by atoms with Crippen LogP contribution in [0.4, 0.5) is 0 Å². The van der Waals surface area contributed by atoms with E-state index in [1.807, 2.05) is 0 Å². The lowest BCUT2D eigenvalue weighted by molar-refractivity contribution is -0.137. The molecule has 3 heteroatoms. The van der Waals surface area contributed by atoms with Crippen molar-refractivity contribution in [3.8, 4) is 0 Å². The molecule has 0 aromatic heterocycles. The first-order chi connectivity index (χ1) is 10.5. The molecule has 22 heavy (non-hydrogen) atoms. The van der Waals surface area contributed by atoms with Gasteiger partial charge in [0, 0.05) is 12.5 Å². The molecule has 2 atom stereocenters. The van der Waals surface area contributed by atoms with E-state index in [1.165, 1.54) is 11.1 Å². The van der Waals surface area contributed by atoms with Gasteiger partial charge in [0.15, 0.2) is 0 Å². The Hall–Kier alpha value is -1.35. The maximum atomic E-state index is 10.5. The van der Waals surface area contributed by atoms with Gasteiger partial charge in [0.1, 0.15) is 0 Å². The van der Waals surface area contributed by atoms with Crippen LogP contribution in [0.2, 0.25) is 0 Å². The Kier molecular flexibility index (Phi) is 8.18. The normalized spacial score (nSPS) is 14.0. The molecule has 0 spiro atoms. The van der Waals surface area contributed by atoms with Crippen molar-refractivity contribution in [2.75, 3.05) is 6.54 Å². The maximum Gasteiger partial charge on any atom is 0.303 e. The number of hydrogen-bond acceptors (Lipinski definition) is 2. The number of benzene rings is 1. The zero-order valence-corrected chi connectivity index (χ0v) is 14.4. The van der Waals surface area contributed by atoms with Gasteiger partial charge >= 0.3 is 5.97 Å². The number of unbranched alkanes of at least 4 members (excludes halogenated alkanes) is 1. The van der Waals surface area contributed by atoms with Gasteiger partial charge in [0.05, 0.1) is 0 Å². The number of carboxylic acid groups (broad SMARTS) is 1. The van der Waals surface area contributed by atoms with Crippen LogP contribution in [-0.2, 0) is 4.79 Å². The van der Waals surface area contributed by atoms with Crippen molar-refractivity contribution in [2.24, 2.45) is 5.92 Å². The minimum absolute atomic E-state index is 0.262. The molecule has 0 aliphatic rings. The van der Waals surface area contributed by atoms with Gasteiger partial charge in [-0.3, -0.25) is 4.79 Å². The summed E-state index contributed by atoms with van der Waals surface area (Å²) in [6, 6.07) is 9.28. The summed E-state index contributed by atoms with van der Waals surface area (Å²) >= 11 is 0. The van der Waals surface area contributed by atoms with E-state index in [0.29, 0.717) is 17.9 Å². The minimum Gasteiger partial charge on any atom is -0.481 e. The van der Waals surface area contributed by atoms with Crippen LogP contribution in [0.1, 0.15) is 76.5 Å². The average Bonchev–Trinajstić information content (AvgIpc) is 2.49. The number of hydrogen-bond donors (Lipinski definition) is 2. The Morgan fingerprint density at radius 3 is 2.18 bits per heavy atom. The van der Waals surface area contributed by atoms with E-state index in [2.05, 4.69) is 57.3 Å². The van der Waals surface area contributed by atoms with Crippen molar-refractivity contribution in [1.29, 1.82) is 0 Å². The van der Waals surface area contributed by atoms with Crippen molar-refractivity contribution in [2.45, 2.75) is 65.3 Å². The monoisotopic (exact) mass is 305 g/mol. The van der Waals surface area contributed by atoms with Crippen LogP contribution in [0.15, 0.2) is 24.3 Å². The third-order valence-corrected chi connectivity index (χ3v) is 4.33. The van der Waals surface area contributed by atoms with Gasteiger partial charge in [-0.1, -0.05) is 52.0 Å². The molecule has 0 amide bonds. The highest BCUT2D eigenvalue weighted by Gasteiger charge is 2.15. The summed E-state index contributed by atoms with van der Waals surface area (Å²) in [6.45, 7) is 9.78. The molecule has 1 aromatic rings. The van der Waals surface area contributed by atoms with E-state index in [1.54, 1.807) is 0 Å². The van der Waals surface area contributed by atoms with E-state index in [0.717, 1.165) is 25.8 Å². The molecule has 1 rings (SSSR count). The molecule has 1 aromatic carbocycles. The summed E-state index contributed by atoms with van der Waals surface area (Å²) < 4.78 is 0.